The Morgan fingerprint density at radius 2 is 2.13 bits per heavy atom. The lowest BCUT2D eigenvalue weighted by atomic mass is 9.84. The molecule has 0 N–H and O–H groups in total. The van der Waals surface area contributed by atoms with E-state index in [1.807, 2.05) is 6.92 Å². The second-order valence-electron chi connectivity index (χ2n) is 3.86. The van der Waals surface area contributed by atoms with Crippen molar-refractivity contribution < 1.29 is 4.74 Å². The van der Waals surface area contributed by atoms with E-state index in [0.29, 0.717) is 11.1 Å². The van der Waals surface area contributed by atoms with Crippen LogP contribution in [-0.4, -0.2) is 16.0 Å². The highest BCUT2D eigenvalue weighted by molar-refractivity contribution is 7.10. The first-order valence-corrected chi connectivity index (χ1v) is 6.55. The van der Waals surface area contributed by atoms with Crippen molar-refractivity contribution in [3.05, 3.63) is 10.3 Å². The van der Waals surface area contributed by atoms with E-state index in [0.717, 1.165) is 18.7 Å². The Balaban J connectivity index is 2.24. The van der Waals surface area contributed by atoms with Gasteiger partial charge in [0.1, 0.15) is 5.60 Å². The van der Waals surface area contributed by atoms with E-state index in [4.69, 9.17) is 16.3 Å². The van der Waals surface area contributed by atoms with E-state index in [2.05, 4.69) is 9.36 Å². The first-order chi connectivity index (χ1) is 7.27. The lowest BCUT2D eigenvalue weighted by molar-refractivity contribution is -0.0759. The lowest BCUT2D eigenvalue weighted by Gasteiger charge is -2.34. The molecule has 0 aromatic carbocycles. The topological polar surface area (TPSA) is 35.0 Å². The van der Waals surface area contributed by atoms with Crippen molar-refractivity contribution >= 4 is 23.1 Å². The van der Waals surface area contributed by atoms with Crippen LogP contribution in [0, 0.1) is 0 Å². The van der Waals surface area contributed by atoms with Crippen molar-refractivity contribution in [3.8, 4) is 0 Å². The summed E-state index contributed by atoms with van der Waals surface area (Å²) in [5, 5.41) is 0. The molecule has 2 rings (SSSR count). The molecule has 0 saturated heterocycles. The Kier molecular flexibility index (Phi) is 3.59. The molecule has 1 fully saturated rings. The molecule has 0 aliphatic heterocycles. The number of aromatic nitrogens is 2. The zero-order valence-corrected chi connectivity index (χ0v) is 10.4. The molecule has 0 amide bonds. The van der Waals surface area contributed by atoms with Crippen LogP contribution in [0.1, 0.15) is 44.9 Å². The molecule has 5 heteroatoms. The predicted octanol–water partition coefficient (Wildman–Crippen LogP) is 3.39. The zero-order valence-electron chi connectivity index (χ0n) is 8.83. The number of nitrogens with zero attached hydrogens (tertiary/aromatic N) is 2. The highest BCUT2D eigenvalue weighted by Gasteiger charge is 2.38. The zero-order chi connectivity index (χ0) is 10.7. The third kappa shape index (κ3) is 2.32. The van der Waals surface area contributed by atoms with Gasteiger partial charge in [0.2, 0.25) is 4.47 Å². The van der Waals surface area contributed by atoms with Crippen LogP contribution in [0.5, 0.6) is 0 Å². The van der Waals surface area contributed by atoms with Crippen molar-refractivity contribution in [1.29, 1.82) is 0 Å². The highest BCUT2D eigenvalue weighted by atomic mass is 35.5. The maximum atomic E-state index is 5.89. The summed E-state index contributed by atoms with van der Waals surface area (Å²) in [6.07, 6.45) is 5.71. The van der Waals surface area contributed by atoms with E-state index in [1.54, 1.807) is 0 Å². The monoisotopic (exact) mass is 246 g/mol. The maximum absolute atomic E-state index is 5.89. The molecule has 1 saturated carbocycles. The molecule has 0 unspecified atom stereocenters. The molecule has 1 aromatic heterocycles. The van der Waals surface area contributed by atoms with Gasteiger partial charge in [-0.3, -0.25) is 0 Å². The fraction of sp³-hybridized carbons (Fsp3) is 0.800. The number of halogens is 1. The van der Waals surface area contributed by atoms with Crippen LogP contribution in [0.15, 0.2) is 0 Å². The Hall–Kier alpha value is -0.190. The minimum Gasteiger partial charge on any atom is -0.367 e. The minimum atomic E-state index is -0.253. The van der Waals surface area contributed by atoms with Gasteiger partial charge in [-0.05, 0) is 42.9 Å². The molecule has 15 heavy (non-hydrogen) atoms. The summed E-state index contributed by atoms with van der Waals surface area (Å²) in [6.45, 7) is 2.72. The van der Waals surface area contributed by atoms with Crippen LogP contribution in [0.3, 0.4) is 0 Å². The first-order valence-electron chi connectivity index (χ1n) is 5.40. The van der Waals surface area contributed by atoms with Gasteiger partial charge in [0.15, 0.2) is 5.82 Å². The van der Waals surface area contributed by atoms with E-state index in [-0.39, 0.29) is 5.60 Å². The lowest BCUT2D eigenvalue weighted by Crippen LogP contribution is -2.33. The first kappa shape index (κ1) is 11.3. The van der Waals surface area contributed by atoms with Crippen molar-refractivity contribution in [3.63, 3.8) is 0 Å². The van der Waals surface area contributed by atoms with Gasteiger partial charge in [-0.25, -0.2) is 4.98 Å². The molecule has 1 aliphatic carbocycles. The van der Waals surface area contributed by atoms with Crippen LogP contribution in [0.25, 0.3) is 0 Å². The number of rotatable bonds is 3. The molecule has 0 spiro atoms. The van der Waals surface area contributed by atoms with Gasteiger partial charge in [0.25, 0.3) is 0 Å². The molecule has 84 valence electrons. The molecular formula is C10H15ClN2OS. The van der Waals surface area contributed by atoms with Crippen LogP contribution in [0.4, 0.5) is 0 Å². The normalized spacial score (nSPS) is 20.4. The fourth-order valence-corrected chi connectivity index (χ4v) is 2.90. The van der Waals surface area contributed by atoms with E-state index in [9.17, 15) is 0 Å². The number of ether oxygens (including phenoxy) is 1. The quantitative estimate of drug-likeness (QED) is 0.820. The van der Waals surface area contributed by atoms with Gasteiger partial charge in [-0.2, -0.15) is 4.37 Å². The van der Waals surface area contributed by atoms with Gasteiger partial charge in [-0.1, -0.05) is 19.3 Å². The summed E-state index contributed by atoms with van der Waals surface area (Å²) in [6, 6.07) is 0. The molecule has 1 aliphatic rings. The largest absolute Gasteiger partial charge is 0.367 e. The summed E-state index contributed by atoms with van der Waals surface area (Å²) in [4.78, 5) is 4.27. The molecular weight excluding hydrogens is 232 g/mol. The summed E-state index contributed by atoms with van der Waals surface area (Å²) < 4.78 is 10.7. The van der Waals surface area contributed by atoms with Crippen LogP contribution in [0.2, 0.25) is 4.47 Å². The average molecular weight is 247 g/mol. The number of hydrogen-bond acceptors (Lipinski definition) is 4. The van der Waals surface area contributed by atoms with E-state index < -0.39 is 0 Å². The highest BCUT2D eigenvalue weighted by Crippen LogP contribution is 2.39. The average Bonchev–Trinajstić information content (AvgIpc) is 2.67. The second kappa shape index (κ2) is 4.76. The Bertz CT molecular complexity index is 317. The smallest absolute Gasteiger partial charge is 0.203 e. The minimum absolute atomic E-state index is 0.253. The Morgan fingerprint density at radius 3 is 2.67 bits per heavy atom. The Morgan fingerprint density at radius 1 is 1.40 bits per heavy atom. The van der Waals surface area contributed by atoms with Gasteiger partial charge in [0, 0.05) is 6.61 Å². The summed E-state index contributed by atoms with van der Waals surface area (Å²) in [7, 11) is 0. The maximum Gasteiger partial charge on any atom is 0.203 e. The fourth-order valence-electron chi connectivity index (χ4n) is 2.22. The van der Waals surface area contributed by atoms with Crippen LogP contribution >= 0.6 is 23.1 Å². The molecule has 0 radical (unpaired) electrons. The third-order valence-corrected chi connectivity index (χ3v) is 3.69. The second-order valence-corrected chi connectivity index (χ2v) is 5.19. The van der Waals surface area contributed by atoms with Crippen molar-refractivity contribution in [2.45, 2.75) is 44.6 Å². The summed E-state index contributed by atoms with van der Waals surface area (Å²) >= 11 is 7.08. The summed E-state index contributed by atoms with van der Waals surface area (Å²) in [5.74, 6) is 0.791. The molecule has 3 nitrogen and oxygen atoms in total. The van der Waals surface area contributed by atoms with Crippen LogP contribution < -0.4 is 0 Å². The van der Waals surface area contributed by atoms with Gasteiger partial charge >= 0.3 is 0 Å². The van der Waals surface area contributed by atoms with Gasteiger partial charge < -0.3 is 4.74 Å². The van der Waals surface area contributed by atoms with E-state index >= 15 is 0 Å². The Labute approximate surface area is 99.0 Å². The summed E-state index contributed by atoms with van der Waals surface area (Å²) in [5.41, 5.74) is -0.253. The van der Waals surface area contributed by atoms with Gasteiger partial charge in [0.05, 0.1) is 0 Å². The molecule has 1 aromatic rings. The van der Waals surface area contributed by atoms with Crippen LogP contribution in [-0.2, 0) is 10.3 Å². The molecule has 0 bridgehead atoms. The van der Waals surface area contributed by atoms with Crippen molar-refractivity contribution in [2.24, 2.45) is 0 Å². The standard InChI is InChI=1S/C10H15ClN2OS/c1-2-14-10(6-4-3-5-7-10)8-12-9(11)15-13-8/h2-7H2,1H3. The van der Waals surface area contributed by atoms with Gasteiger partial charge in [-0.15, -0.1) is 0 Å². The van der Waals surface area contributed by atoms with Crippen molar-refractivity contribution in [1.82, 2.24) is 9.36 Å². The SMILES string of the molecule is CCOC1(c2nsc(Cl)n2)CCCCC1. The molecule has 0 atom stereocenters. The van der Waals surface area contributed by atoms with E-state index in [1.165, 1.54) is 30.8 Å². The predicted molar refractivity (Wildman–Crippen MR) is 61.3 cm³/mol. The van der Waals surface area contributed by atoms with Crippen molar-refractivity contribution in [2.75, 3.05) is 6.61 Å². The number of hydrogen-bond donors (Lipinski definition) is 0. The molecule has 1 heterocycles. The third-order valence-electron chi connectivity index (χ3n) is 2.89.